The van der Waals surface area contributed by atoms with E-state index in [0.717, 1.165) is 10.6 Å². The first-order valence-electron chi connectivity index (χ1n) is 9.92. The van der Waals surface area contributed by atoms with Crippen molar-refractivity contribution in [1.29, 1.82) is 0 Å². The highest BCUT2D eigenvalue weighted by Gasteiger charge is 2.31. The summed E-state index contributed by atoms with van der Waals surface area (Å²) in [5.74, 6) is -1.98. The van der Waals surface area contributed by atoms with Crippen LogP contribution in [-0.4, -0.2) is 43.6 Å². The fourth-order valence-electron chi connectivity index (χ4n) is 3.81. The Labute approximate surface area is 185 Å². The molecular formula is C22H16N6O5. The fourth-order valence-corrected chi connectivity index (χ4v) is 3.81. The molecule has 164 valence electrons. The second-order valence-electron chi connectivity index (χ2n) is 7.17. The number of benzene rings is 1. The first kappa shape index (κ1) is 20.1. The first-order valence-corrected chi connectivity index (χ1v) is 9.92. The quantitative estimate of drug-likeness (QED) is 0.352. The van der Waals surface area contributed by atoms with Crippen molar-refractivity contribution in [3.05, 3.63) is 75.8 Å². The van der Waals surface area contributed by atoms with Crippen molar-refractivity contribution in [2.24, 2.45) is 0 Å². The summed E-state index contributed by atoms with van der Waals surface area (Å²) in [4.78, 5) is 53.3. The molecule has 0 bridgehead atoms. The third-order valence-electron chi connectivity index (χ3n) is 5.25. The van der Waals surface area contributed by atoms with Crippen molar-refractivity contribution in [2.45, 2.75) is 6.92 Å². The maximum absolute atomic E-state index is 12.8. The van der Waals surface area contributed by atoms with E-state index in [-0.39, 0.29) is 29.1 Å². The molecule has 0 atom stereocenters. The summed E-state index contributed by atoms with van der Waals surface area (Å²) in [6, 6.07) is 9.61. The normalized spacial score (nSPS) is 12.6. The lowest BCUT2D eigenvalue weighted by molar-refractivity contribution is 0.0528. The minimum Gasteiger partial charge on any atom is -0.462 e. The number of ether oxygens (including phenoxy) is 1. The van der Waals surface area contributed by atoms with Crippen LogP contribution in [0.3, 0.4) is 0 Å². The molecule has 0 unspecified atom stereocenters. The van der Waals surface area contributed by atoms with Crippen LogP contribution >= 0.6 is 0 Å². The highest BCUT2D eigenvalue weighted by Crippen LogP contribution is 2.26. The van der Waals surface area contributed by atoms with Crippen molar-refractivity contribution in [1.82, 2.24) is 24.5 Å². The fraction of sp³-hybridized carbons (Fsp3) is 0.0909. The van der Waals surface area contributed by atoms with Gasteiger partial charge in [-0.2, -0.15) is 5.10 Å². The number of anilines is 1. The number of fused-ring (bicyclic) bond motifs is 2. The van der Waals surface area contributed by atoms with Gasteiger partial charge in [-0.1, -0.05) is 12.1 Å². The van der Waals surface area contributed by atoms with Gasteiger partial charge in [-0.15, -0.1) is 0 Å². The monoisotopic (exact) mass is 444 g/mol. The minimum atomic E-state index is -0.657. The third-order valence-corrected chi connectivity index (χ3v) is 5.25. The number of hydrogen-bond acceptors (Lipinski definition) is 8. The van der Waals surface area contributed by atoms with Crippen LogP contribution in [0.1, 0.15) is 38.0 Å². The number of hydrogen-bond donors (Lipinski definition) is 2. The zero-order valence-corrected chi connectivity index (χ0v) is 17.2. The van der Waals surface area contributed by atoms with E-state index in [1.165, 1.54) is 16.9 Å². The van der Waals surface area contributed by atoms with Gasteiger partial charge in [0.1, 0.15) is 11.4 Å². The standard InChI is InChI=1S/C22H16N6O5/c1-2-33-22(32)14-10-25-28-15(6-7-24-19(14)28)11-4-3-5-12(8-11)27-16(29)9-13-17(18(27)23)21(31)26-20(13)30/h3-10H,2,23H2,1H3,(H,26,30,31). The van der Waals surface area contributed by atoms with Gasteiger partial charge in [0.25, 0.3) is 17.4 Å². The van der Waals surface area contributed by atoms with Gasteiger partial charge in [0.05, 0.1) is 35.3 Å². The summed E-state index contributed by atoms with van der Waals surface area (Å²) in [5.41, 5.74) is 7.66. The summed E-state index contributed by atoms with van der Waals surface area (Å²) in [5, 5.41) is 6.41. The third kappa shape index (κ3) is 3.05. The van der Waals surface area contributed by atoms with Crippen molar-refractivity contribution in [3.63, 3.8) is 0 Å². The molecule has 4 aromatic rings. The molecule has 1 aromatic carbocycles. The molecule has 0 spiro atoms. The predicted molar refractivity (Wildman–Crippen MR) is 116 cm³/mol. The number of carbonyl (C=O) groups excluding carboxylic acids is 3. The van der Waals surface area contributed by atoms with E-state index in [4.69, 9.17) is 10.5 Å². The smallest absolute Gasteiger partial charge is 0.343 e. The second kappa shape index (κ2) is 7.41. The number of nitrogens with one attached hydrogen (secondary N) is 1. The average Bonchev–Trinajstić information content (AvgIpc) is 3.35. The Kier molecular flexibility index (Phi) is 4.52. The van der Waals surface area contributed by atoms with Gasteiger partial charge in [-0.05, 0) is 25.1 Å². The van der Waals surface area contributed by atoms with Crippen molar-refractivity contribution in [3.8, 4) is 16.9 Å². The first-order chi connectivity index (χ1) is 15.9. The topological polar surface area (TPSA) is 151 Å². The van der Waals surface area contributed by atoms with Crippen molar-refractivity contribution < 1.29 is 19.1 Å². The van der Waals surface area contributed by atoms with Crippen LogP contribution in [0.2, 0.25) is 0 Å². The Balaban J connectivity index is 1.66. The molecule has 11 nitrogen and oxygen atoms in total. The maximum Gasteiger partial charge on any atom is 0.343 e. The van der Waals surface area contributed by atoms with Crippen LogP contribution in [-0.2, 0) is 4.74 Å². The number of aromatic nitrogens is 4. The van der Waals surface area contributed by atoms with Crippen LogP contribution in [0, 0.1) is 0 Å². The van der Waals surface area contributed by atoms with E-state index < -0.39 is 23.3 Å². The molecule has 2 amide bonds. The lowest BCUT2D eigenvalue weighted by Gasteiger charge is -2.13. The van der Waals surface area contributed by atoms with Gasteiger partial charge in [-0.25, -0.2) is 14.3 Å². The molecule has 11 heteroatoms. The lowest BCUT2D eigenvalue weighted by Crippen LogP contribution is -2.24. The van der Waals surface area contributed by atoms with Crippen molar-refractivity contribution >= 4 is 29.2 Å². The molecule has 3 aromatic heterocycles. The van der Waals surface area contributed by atoms with Crippen LogP contribution < -0.4 is 16.6 Å². The molecular weight excluding hydrogens is 428 g/mol. The van der Waals surface area contributed by atoms with E-state index >= 15 is 0 Å². The summed E-state index contributed by atoms with van der Waals surface area (Å²) in [6.07, 6.45) is 2.92. The van der Waals surface area contributed by atoms with Gasteiger partial charge in [0.15, 0.2) is 5.65 Å². The molecule has 33 heavy (non-hydrogen) atoms. The number of nitrogen functional groups attached to an aromatic ring is 1. The minimum absolute atomic E-state index is 0.0394. The Hall–Kier alpha value is -4.80. The lowest BCUT2D eigenvalue weighted by atomic mass is 10.1. The largest absolute Gasteiger partial charge is 0.462 e. The Morgan fingerprint density at radius 2 is 1.97 bits per heavy atom. The molecule has 0 fully saturated rings. The number of nitrogens with two attached hydrogens (primary N) is 1. The van der Waals surface area contributed by atoms with E-state index in [1.807, 2.05) is 0 Å². The molecule has 0 saturated carbocycles. The SMILES string of the molecule is CCOC(=O)c1cnn2c(-c3cccc(-n4c(N)c5c(cc4=O)C(=O)NC5=O)c3)ccnc12. The molecule has 0 saturated heterocycles. The van der Waals surface area contributed by atoms with Crippen molar-refractivity contribution in [2.75, 3.05) is 12.3 Å². The number of amides is 2. The van der Waals surface area contributed by atoms with E-state index in [9.17, 15) is 19.2 Å². The molecule has 1 aliphatic heterocycles. The summed E-state index contributed by atoms with van der Waals surface area (Å²) in [6.45, 7) is 1.93. The predicted octanol–water partition coefficient (Wildman–Crippen LogP) is 1.19. The number of carbonyl (C=O) groups is 3. The molecule has 3 N–H and O–H groups in total. The number of imide groups is 1. The number of rotatable bonds is 4. The number of nitrogens with zero attached hydrogens (tertiary/aromatic N) is 4. The summed E-state index contributed by atoms with van der Waals surface area (Å²) < 4.78 is 7.71. The Morgan fingerprint density at radius 3 is 2.76 bits per heavy atom. The van der Waals surface area contributed by atoms with Crippen LogP contribution in [0.4, 0.5) is 5.82 Å². The van der Waals surface area contributed by atoms with Gasteiger partial charge >= 0.3 is 5.97 Å². The van der Waals surface area contributed by atoms with Gasteiger partial charge in [-0.3, -0.25) is 24.3 Å². The van der Waals surface area contributed by atoms with Crippen LogP contribution in [0.15, 0.2) is 53.6 Å². The number of esters is 1. The molecule has 5 rings (SSSR count). The van der Waals surface area contributed by atoms with E-state index in [1.54, 1.807) is 37.3 Å². The summed E-state index contributed by atoms with van der Waals surface area (Å²) >= 11 is 0. The van der Waals surface area contributed by atoms with E-state index in [2.05, 4.69) is 15.4 Å². The van der Waals surface area contributed by atoms with Crippen LogP contribution in [0.25, 0.3) is 22.6 Å². The zero-order valence-electron chi connectivity index (χ0n) is 17.2. The average molecular weight is 444 g/mol. The zero-order chi connectivity index (χ0) is 23.3. The molecule has 0 aliphatic carbocycles. The van der Waals surface area contributed by atoms with Crippen LogP contribution in [0.5, 0.6) is 0 Å². The van der Waals surface area contributed by atoms with Gasteiger partial charge < -0.3 is 10.5 Å². The highest BCUT2D eigenvalue weighted by molar-refractivity contribution is 6.23. The molecule has 4 heterocycles. The van der Waals surface area contributed by atoms with E-state index in [0.29, 0.717) is 22.6 Å². The molecule has 1 aliphatic rings. The Morgan fingerprint density at radius 1 is 1.15 bits per heavy atom. The Bertz CT molecular complexity index is 1550. The maximum atomic E-state index is 12.8. The number of pyridine rings is 1. The highest BCUT2D eigenvalue weighted by atomic mass is 16.5. The molecule has 0 radical (unpaired) electrons. The van der Waals surface area contributed by atoms with Gasteiger partial charge in [0.2, 0.25) is 0 Å². The van der Waals surface area contributed by atoms with Gasteiger partial charge in [0, 0.05) is 17.8 Å². The second-order valence-corrected chi connectivity index (χ2v) is 7.17. The summed E-state index contributed by atoms with van der Waals surface area (Å²) in [7, 11) is 0.